The standard InChI is InChI=1S/C48H82N4O12/c1-3-5-7-9-11-13-15-17-19-21-23-41(39-43(53)61-31-29-51-27-25-49-47(51)57)45(55)63-37-35-59-33-34-60-36-38-64-46(56)42(24-22-20-18-16-14-12-10-8-6-4-2)40-44(54)62-32-30-52-28-26-50-48(52)58/h19-22,41-42H,3-18,23-40H2,1-2H3,(H,49,57)(H,50,58)/b21-19+,22-20+. The molecule has 2 aliphatic heterocycles. The van der Waals surface area contributed by atoms with Crippen LogP contribution in [0.2, 0.25) is 0 Å². The summed E-state index contributed by atoms with van der Waals surface area (Å²) in [6.45, 7) is 8.03. The lowest BCUT2D eigenvalue weighted by atomic mass is 10.0. The van der Waals surface area contributed by atoms with Crippen molar-refractivity contribution in [2.75, 3.05) is 92.1 Å². The molecular weight excluding hydrogens is 825 g/mol. The summed E-state index contributed by atoms with van der Waals surface area (Å²) in [6, 6.07) is -0.368. The fraction of sp³-hybridized carbons (Fsp3) is 0.792. The number of ether oxygens (including phenoxy) is 6. The highest BCUT2D eigenvalue weighted by atomic mass is 16.6. The third kappa shape index (κ3) is 28.6. The first-order chi connectivity index (χ1) is 31.2. The first kappa shape index (κ1) is 56.0. The molecule has 2 unspecified atom stereocenters. The van der Waals surface area contributed by atoms with Crippen LogP contribution < -0.4 is 10.6 Å². The van der Waals surface area contributed by atoms with Crippen molar-refractivity contribution in [2.24, 2.45) is 11.8 Å². The van der Waals surface area contributed by atoms with Crippen molar-refractivity contribution >= 4 is 35.9 Å². The van der Waals surface area contributed by atoms with Crippen LogP contribution in [0.25, 0.3) is 0 Å². The van der Waals surface area contributed by atoms with Gasteiger partial charge in [-0.25, -0.2) is 9.59 Å². The van der Waals surface area contributed by atoms with Crippen LogP contribution in [0.5, 0.6) is 0 Å². The van der Waals surface area contributed by atoms with E-state index in [0.29, 0.717) is 39.0 Å². The van der Waals surface area contributed by atoms with Crippen molar-refractivity contribution in [3.8, 4) is 0 Å². The van der Waals surface area contributed by atoms with Crippen molar-refractivity contribution in [3.63, 3.8) is 0 Å². The predicted octanol–water partition coefficient (Wildman–Crippen LogP) is 7.43. The van der Waals surface area contributed by atoms with E-state index in [4.69, 9.17) is 28.4 Å². The number of allylic oxidation sites excluding steroid dienone is 4. The number of esters is 4. The summed E-state index contributed by atoms with van der Waals surface area (Å²) in [5, 5.41) is 5.42. The molecule has 2 heterocycles. The summed E-state index contributed by atoms with van der Waals surface area (Å²) in [7, 11) is 0. The van der Waals surface area contributed by atoms with Gasteiger partial charge in [0.1, 0.15) is 26.4 Å². The highest BCUT2D eigenvalue weighted by Crippen LogP contribution is 2.17. The Labute approximate surface area is 383 Å². The monoisotopic (exact) mass is 907 g/mol. The fourth-order valence-corrected chi connectivity index (χ4v) is 7.19. The van der Waals surface area contributed by atoms with Gasteiger partial charge in [0.15, 0.2) is 0 Å². The van der Waals surface area contributed by atoms with Gasteiger partial charge < -0.3 is 48.9 Å². The van der Waals surface area contributed by atoms with E-state index >= 15 is 0 Å². The molecular formula is C48H82N4O12. The van der Waals surface area contributed by atoms with Crippen molar-refractivity contribution in [2.45, 2.75) is 142 Å². The van der Waals surface area contributed by atoms with Crippen molar-refractivity contribution in [3.05, 3.63) is 24.3 Å². The summed E-state index contributed by atoms with van der Waals surface area (Å²) < 4.78 is 32.8. The predicted molar refractivity (Wildman–Crippen MR) is 244 cm³/mol. The molecule has 0 aromatic carbocycles. The molecule has 0 aromatic heterocycles. The Morgan fingerprint density at radius 3 is 1.25 bits per heavy atom. The van der Waals surface area contributed by atoms with Crippen LogP contribution in [0, 0.1) is 11.8 Å². The number of rotatable bonds is 41. The van der Waals surface area contributed by atoms with Gasteiger partial charge in [-0.1, -0.05) is 115 Å². The van der Waals surface area contributed by atoms with Crippen LogP contribution in [0.4, 0.5) is 9.59 Å². The quantitative estimate of drug-likeness (QED) is 0.0268. The van der Waals surface area contributed by atoms with Crippen LogP contribution >= 0.6 is 0 Å². The second-order valence-corrected chi connectivity index (χ2v) is 16.5. The Morgan fingerprint density at radius 2 is 0.875 bits per heavy atom. The number of amides is 4. The number of hydrogen-bond acceptors (Lipinski definition) is 12. The molecule has 16 nitrogen and oxygen atoms in total. The minimum Gasteiger partial charge on any atom is -0.464 e. The molecule has 2 fully saturated rings. The van der Waals surface area contributed by atoms with Crippen LogP contribution in [-0.4, -0.2) is 138 Å². The fourth-order valence-electron chi connectivity index (χ4n) is 7.19. The second-order valence-electron chi connectivity index (χ2n) is 16.5. The smallest absolute Gasteiger partial charge is 0.317 e. The van der Waals surface area contributed by atoms with Gasteiger partial charge in [0.2, 0.25) is 0 Å². The molecule has 64 heavy (non-hydrogen) atoms. The van der Waals surface area contributed by atoms with Gasteiger partial charge in [0.25, 0.3) is 0 Å². The molecule has 0 aliphatic carbocycles. The normalized spacial score (nSPS) is 14.8. The lowest BCUT2D eigenvalue weighted by Crippen LogP contribution is -2.32. The Hall–Kier alpha value is -4.18. The average molecular weight is 907 g/mol. The summed E-state index contributed by atoms with van der Waals surface area (Å²) in [5.41, 5.74) is 0. The maximum Gasteiger partial charge on any atom is 0.317 e. The number of unbranched alkanes of at least 4 members (excludes halogenated alkanes) is 14. The molecule has 2 saturated heterocycles. The number of carbonyl (C=O) groups excluding carboxylic acids is 6. The second kappa shape index (κ2) is 38.1. The molecule has 0 bridgehead atoms. The third-order valence-corrected chi connectivity index (χ3v) is 11.1. The van der Waals surface area contributed by atoms with E-state index in [1.54, 1.807) is 9.80 Å². The Bertz CT molecular complexity index is 1260. The number of nitrogens with zero attached hydrogens (tertiary/aromatic N) is 2. The maximum atomic E-state index is 13.0. The molecule has 0 spiro atoms. The average Bonchev–Trinajstić information content (AvgIpc) is 3.90. The largest absolute Gasteiger partial charge is 0.464 e. The molecule has 0 radical (unpaired) electrons. The molecule has 2 rings (SSSR count). The molecule has 4 amide bonds. The topological polar surface area (TPSA) is 188 Å². The van der Waals surface area contributed by atoms with Gasteiger partial charge in [-0.3, -0.25) is 19.2 Å². The molecule has 366 valence electrons. The SMILES string of the molecule is CCCCCCCCC/C=C/CC(CC(=O)OCCN1CCNC1=O)C(=O)OCCOCCOCCOC(=O)C(C/C=C/CCCCCCCCC)CC(=O)OCCN1CCNC1=O. The maximum absolute atomic E-state index is 13.0. The summed E-state index contributed by atoms with van der Waals surface area (Å²) in [6.07, 6.45) is 27.3. The lowest BCUT2D eigenvalue weighted by molar-refractivity contribution is -0.156. The highest BCUT2D eigenvalue weighted by molar-refractivity contribution is 5.81. The molecule has 2 atom stereocenters. The van der Waals surface area contributed by atoms with E-state index in [9.17, 15) is 28.8 Å². The third-order valence-electron chi connectivity index (χ3n) is 11.1. The van der Waals surface area contributed by atoms with Crippen molar-refractivity contribution in [1.29, 1.82) is 0 Å². The molecule has 2 aliphatic rings. The first-order valence-electron chi connectivity index (χ1n) is 24.4. The number of carbonyl (C=O) groups is 6. The molecule has 2 N–H and O–H groups in total. The van der Waals surface area contributed by atoms with E-state index < -0.39 is 35.7 Å². The highest BCUT2D eigenvalue weighted by Gasteiger charge is 2.26. The summed E-state index contributed by atoms with van der Waals surface area (Å²) >= 11 is 0. The van der Waals surface area contributed by atoms with Crippen molar-refractivity contribution in [1.82, 2.24) is 20.4 Å². The number of nitrogens with one attached hydrogen (secondary N) is 2. The zero-order valence-corrected chi connectivity index (χ0v) is 39.3. The van der Waals surface area contributed by atoms with Crippen molar-refractivity contribution < 1.29 is 57.2 Å². The zero-order chi connectivity index (χ0) is 46.3. The summed E-state index contributed by atoms with van der Waals surface area (Å²) in [4.78, 5) is 78.0. The van der Waals surface area contributed by atoms with E-state index in [1.807, 2.05) is 12.2 Å². The van der Waals surface area contributed by atoms with Crippen LogP contribution in [0.15, 0.2) is 24.3 Å². The molecule has 16 heteroatoms. The number of urea groups is 2. The minimum absolute atomic E-state index is 0.00127. The van der Waals surface area contributed by atoms with E-state index in [2.05, 4.69) is 36.6 Å². The van der Waals surface area contributed by atoms with Gasteiger partial charge in [0, 0.05) is 26.2 Å². The Morgan fingerprint density at radius 1 is 0.500 bits per heavy atom. The Balaban J connectivity index is 1.69. The lowest BCUT2D eigenvalue weighted by Gasteiger charge is -2.16. The minimum atomic E-state index is -0.709. The molecule has 0 aromatic rings. The van der Waals surface area contributed by atoms with Crippen LogP contribution in [0.3, 0.4) is 0 Å². The van der Waals surface area contributed by atoms with E-state index in [1.165, 1.54) is 77.0 Å². The van der Waals surface area contributed by atoms with Gasteiger partial charge in [-0.15, -0.1) is 0 Å². The first-order valence-corrected chi connectivity index (χ1v) is 24.4. The number of hydrogen-bond donors (Lipinski definition) is 2. The van der Waals surface area contributed by atoms with E-state index in [0.717, 1.165) is 25.7 Å². The van der Waals surface area contributed by atoms with Gasteiger partial charge in [-0.05, 0) is 38.5 Å². The molecule has 0 saturated carbocycles. The zero-order valence-electron chi connectivity index (χ0n) is 39.3. The van der Waals surface area contributed by atoms with Gasteiger partial charge >= 0.3 is 35.9 Å². The van der Waals surface area contributed by atoms with E-state index in [-0.39, 0.29) is 90.8 Å². The summed E-state index contributed by atoms with van der Waals surface area (Å²) in [5.74, 6) is -3.48. The van der Waals surface area contributed by atoms with Gasteiger partial charge in [0.05, 0.1) is 64.2 Å². The van der Waals surface area contributed by atoms with Gasteiger partial charge in [-0.2, -0.15) is 0 Å². The van der Waals surface area contributed by atoms with Crippen LogP contribution in [-0.2, 0) is 47.6 Å². The Kier molecular flexibility index (Phi) is 33.3. The van der Waals surface area contributed by atoms with Crippen LogP contribution in [0.1, 0.15) is 142 Å².